The summed E-state index contributed by atoms with van der Waals surface area (Å²) in [6.07, 6.45) is 3.36. The van der Waals surface area contributed by atoms with Crippen molar-refractivity contribution in [2.24, 2.45) is 5.92 Å². The fourth-order valence-corrected chi connectivity index (χ4v) is 5.82. The molecule has 2 aromatic carbocycles. The number of carbonyl (C=O) groups is 3. The Balaban J connectivity index is 1.49. The number of esters is 1. The number of aromatic nitrogens is 1. The Bertz CT molecular complexity index is 1400. The van der Waals surface area contributed by atoms with Crippen LogP contribution in [0, 0.1) is 5.92 Å². The van der Waals surface area contributed by atoms with Crippen molar-refractivity contribution in [2.75, 3.05) is 30.8 Å². The van der Waals surface area contributed by atoms with Crippen LogP contribution in [0.5, 0.6) is 0 Å². The lowest BCUT2D eigenvalue weighted by atomic mass is 9.99. The average Bonchev–Trinajstić information content (AvgIpc) is 3.24. The summed E-state index contributed by atoms with van der Waals surface area (Å²) in [7, 11) is -4.01. The van der Waals surface area contributed by atoms with Crippen LogP contribution in [0.1, 0.15) is 37.0 Å². The van der Waals surface area contributed by atoms with E-state index in [9.17, 15) is 22.8 Å². The third-order valence-corrected chi connectivity index (χ3v) is 8.17. The Labute approximate surface area is 216 Å². The first-order valence-corrected chi connectivity index (χ1v) is 14.0. The zero-order chi connectivity index (χ0) is 26.6. The predicted octanol–water partition coefficient (Wildman–Crippen LogP) is 3.49. The summed E-state index contributed by atoms with van der Waals surface area (Å²) in [5, 5.41) is 3.03. The van der Waals surface area contributed by atoms with Crippen molar-refractivity contribution < 1.29 is 27.5 Å². The normalized spacial score (nSPS) is 14.5. The maximum absolute atomic E-state index is 13.3. The molecule has 2 heterocycles. The molecule has 4 rings (SSSR count). The smallest absolute Gasteiger partial charge is 0.338 e. The zero-order valence-corrected chi connectivity index (χ0v) is 21.8. The number of nitrogens with zero attached hydrogens (tertiary/aromatic N) is 2. The number of rotatable bonds is 8. The van der Waals surface area contributed by atoms with Crippen molar-refractivity contribution in [3.05, 3.63) is 60.3 Å². The standard InChI is InChI=1S/C27H31N3O6S/c1-3-36-27(33)20-8-10-21(11-9-20)28-25(31)18-37(34,35)24-16-30(23-7-5-4-6-22(23)24)17-26(32)29-14-12-19(2)13-15-29/h4-11,16,19H,3,12-15,17-18H2,1-2H3,(H,28,31). The van der Waals surface area contributed by atoms with Gasteiger partial charge in [0.2, 0.25) is 11.8 Å². The van der Waals surface area contributed by atoms with Crippen molar-refractivity contribution in [1.82, 2.24) is 9.47 Å². The molecule has 2 amide bonds. The maximum atomic E-state index is 13.3. The Morgan fingerprint density at radius 3 is 2.38 bits per heavy atom. The van der Waals surface area contributed by atoms with Crippen LogP contribution >= 0.6 is 0 Å². The molecule has 0 aliphatic carbocycles. The molecule has 3 aromatic rings. The van der Waals surface area contributed by atoms with E-state index in [4.69, 9.17) is 4.74 Å². The molecule has 1 saturated heterocycles. The van der Waals surface area contributed by atoms with Gasteiger partial charge in [-0.2, -0.15) is 0 Å². The van der Waals surface area contributed by atoms with Gasteiger partial charge in [0.15, 0.2) is 9.84 Å². The fraction of sp³-hybridized carbons (Fsp3) is 0.370. The van der Waals surface area contributed by atoms with Gasteiger partial charge in [-0.05, 0) is 56.0 Å². The predicted molar refractivity (Wildman–Crippen MR) is 140 cm³/mol. The van der Waals surface area contributed by atoms with E-state index in [1.54, 1.807) is 35.8 Å². The molecule has 196 valence electrons. The highest BCUT2D eigenvalue weighted by atomic mass is 32.2. The van der Waals surface area contributed by atoms with Crippen molar-refractivity contribution in [2.45, 2.75) is 38.1 Å². The number of hydrogen-bond donors (Lipinski definition) is 1. The van der Waals surface area contributed by atoms with Gasteiger partial charge in [-0.25, -0.2) is 13.2 Å². The summed E-state index contributed by atoms with van der Waals surface area (Å²) < 4.78 is 33.1. The van der Waals surface area contributed by atoms with Crippen molar-refractivity contribution in [3.63, 3.8) is 0 Å². The SMILES string of the molecule is CCOC(=O)c1ccc(NC(=O)CS(=O)(=O)c2cn(CC(=O)N3CCC(C)CC3)c3ccccc23)cc1. The van der Waals surface area contributed by atoms with E-state index in [-0.39, 0.29) is 24.0 Å². The zero-order valence-electron chi connectivity index (χ0n) is 21.0. The summed E-state index contributed by atoms with van der Waals surface area (Å²) in [6, 6.07) is 13.0. The number of hydrogen-bond acceptors (Lipinski definition) is 6. The molecule has 1 aromatic heterocycles. The van der Waals surface area contributed by atoms with Gasteiger partial charge in [-0.1, -0.05) is 25.1 Å². The molecule has 0 unspecified atom stereocenters. The van der Waals surface area contributed by atoms with Crippen LogP contribution in [-0.4, -0.2) is 61.1 Å². The molecule has 0 spiro atoms. The third kappa shape index (κ3) is 6.19. The topological polar surface area (TPSA) is 115 Å². The largest absolute Gasteiger partial charge is 0.462 e. The minimum absolute atomic E-state index is 0.0102. The molecule has 1 N–H and O–H groups in total. The third-order valence-electron chi connectivity index (χ3n) is 6.53. The monoisotopic (exact) mass is 525 g/mol. The van der Waals surface area contributed by atoms with E-state index in [2.05, 4.69) is 12.2 Å². The molecule has 1 aliphatic heterocycles. The Morgan fingerprint density at radius 2 is 1.70 bits per heavy atom. The molecule has 37 heavy (non-hydrogen) atoms. The summed E-state index contributed by atoms with van der Waals surface area (Å²) >= 11 is 0. The number of piperidine rings is 1. The lowest BCUT2D eigenvalue weighted by molar-refractivity contribution is -0.133. The van der Waals surface area contributed by atoms with Crippen molar-refractivity contribution in [3.8, 4) is 0 Å². The van der Waals surface area contributed by atoms with Crippen LogP contribution in [0.2, 0.25) is 0 Å². The van der Waals surface area contributed by atoms with Gasteiger partial charge in [0.05, 0.1) is 17.1 Å². The number of fused-ring (bicyclic) bond motifs is 1. The minimum atomic E-state index is -4.01. The minimum Gasteiger partial charge on any atom is -0.462 e. The number of anilines is 1. The molecule has 1 fully saturated rings. The van der Waals surface area contributed by atoms with E-state index >= 15 is 0 Å². The first kappa shape index (κ1) is 26.4. The number of ether oxygens (including phenoxy) is 1. The maximum Gasteiger partial charge on any atom is 0.338 e. The molecule has 0 saturated carbocycles. The summed E-state index contributed by atoms with van der Waals surface area (Å²) in [5.74, 6) is -1.42. The van der Waals surface area contributed by atoms with Gasteiger partial charge in [-0.3, -0.25) is 9.59 Å². The van der Waals surface area contributed by atoms with Crippen LogP contribution in [0.25, 0.3) is 10.9 Å². The number of likely N-dealkylation sites (tertiary alicyclic amines) is 1. The molecule has 9 nitrogen and oxygen atoms in total. The van der Waals surface area contributed by atoms with E-state index in [1.165, 1.54) is 30.5 Å². The van der Waals surface area contributed by atoms with Gasteiger partial charge in [0.25, 0.3) is 0 Å². The van der Waals surface area contributed by atoms with Crippen molar-refractivity contribution in [1.29, 1.82) is 0 Å². The van der Waals surface area contributed by atoms with Crippen LogP contribution in [0.4, 0.5) is 5.69 Å². The number of benzene rings is 2. The van der Waals surface area contributed by atoms with Crippen LogP contribution < -0.4 is 5.32 Å². The number of nitrogens with one attached hydrogen (secondary N) is 1. The lowest BCUT2D eigenvalue weighted by Gasteiger charge is -2.30. The molecule has 1 aliphatic rings. The number of amides is 2. The summed E-state index contributed by atoms with van der Waals surface area (Å²) in [5.41, 5.74) is 1.31. The van der Waals surface area contributed by atoms with Gasteiger partial charge in [-0.15, -0.1) is 0 Å². The molecular weight excluding hydrogens is 494 g/mol. The molecule has 10 heteroatoms. The van der Waals surface area contributed by atoms with Crippen molar-refractivity contribution >= 4 is 44.2 Å². The fourth-order valence-electron chi connectivity index (χ4n) is 4.45. The van der Waals surface area contributed by atoms with Crippen LogP contribution in [-0.2, 0) is 30.7 Å². The lowest BCUT2D eigenvalue weighted by Crippen LogP contribution is -2.39. The molecule has 0 radical (unpaired) electrons. The van der Waals surface area contributed by atoms with Gasteiger partial charge < -0.3 is 19.5 Å². The Kier molecular flexibility index (Phi) is 7.97. The van der Waals surface area contributed by atoms with Gasteiger partial charge >= 0.3 is 5.97 Å². The van der Waals surface area contributed by atoms with E-state index in [0.29, 0.717) is 41.2 Å². The van der Waals surface area contributed by atoms with Crippen LogP contribution in [0.15, 0.2) is 59.6 Å². The number of sulfone groups is 1. The molecular formula is C27H31N3O6S. The highest BCUT2D eigenvalue weighted by Crippen LogP contribution is 2.27. The second-order valence-electron chi connectivity index (χ2n) is 9.31. The Hall–Kier alpha value is -3.66. The van der Waals surface area contributed by atoms with Gasteiger partial charge in [0, 0.05) is 35.9 Å². The van der Waals surface area contributed by atoms with Crippen LogP contribution in [0.3, 0.4) is 0 Å². The molecule has 0 bridgehead atoms. The van der Waals surface area contributed by atoms with E-state index in [1.807, 2.05) is 4.90 Å². The van der Waals surface area contributed by atoms with E-state index in [0.717, 1.165) is 12.8 Å². The average molecular weight is 526 g/mol. The summed E-state index contributed by atoms with van der Waals surface area (Å²) in [6.45, 7) is 5.56. The molecule has 0 atom stereocenters. The first-order valence-electron chi connectivity index (χ1n) is 12.3. The number of para-hydroxylation sites is 1. The quantitative estimate of drug-likeness (QED) is 0.450. The van der Waals surface area contributed by atoms with E-state index < -0.39 is 27.5 Å². The highest BCUT2D eigenvalue weighted by molar-refractivity contribution is 7.92. The number of carbonyl (C=O) groups excluding carboxylic acids is 3. The highest BCUT2D eigenvalue weighted by Gasteiger charge is 2.26. The second-order valence-corrected chi connectivity index (χ2v) is 11.3. The first-order chi connectivity index (χ1) is 17.7. The summed E-state index contributed by atoms with van der Waals surface area (Å²) in [4.78, 5) is 39.2. The Morgan fingerprint density at radius 1 is 1.03 bits per heavy atom. The van der Waals surface area contributed by atoms with Gasteiger partial charge in [0.1, 0.15) is 12.3 Å². The second kappa shape index (κ2) is 11.2.